The second-order valence-electron chi connectivity index (χ2n) is 3.00. The van der Waals surface area contributed by atoms with Gasteiger partial charge in [-0.05, 0) is 6.07 Å². The highest BCUT2D eigenvalue weighted by atomic mass is 35.5. The molecule has 0 unspecified atom stereocenters. The van der Waals surface area contributed by atoms with E-state index in [-0.39, 0.29) is 17.4 Å². The molecule has 0 fully saturated rings. The van der Waals surface area contributed by atoms with Gasteiger partial charge in [-0.2, -0.15) is 5.10 Å². The average Bonchev–Trinajstić information content (AvgIpc) is 2.69. The van der Waals surface area contributed by atoms with Gasteiger partial charge >= 0.3 is 5.97 Å². The fourth-order valence-corrected chi connectivity index (χ4v) is 1.38. The standard InChI is InChI=1S/C9H7ClN4O2/c10-7-4-6(9(15)16)12-8(13-7)5-14-3-1-2-11-14/h1-4H,5H2,(H,15,16). The Balaban J connectivity index is 2.31. The van der Waals surface area contributed by atoms with E-state index in [0.29, 0.717) is 5.82 Å². The number of carboxylic acids is 1. The first-order chi connectivity index (χ1) is 7.65. The summed E-state index contributed by atoms with van der Waals surface area (Å²) in [6.45, 7) is 0.286. The molecule has 0 bridgehead atoms. The molecule has 7 heteroatoms. The van der Waals surface area contributed by atoms with E-state index in [2.05, 4.69) is 15.1 Å². The normalized spacial score (nSPS) is 10.3. The lowest BCUT2D eigenvalue weighted by molar-refractivity contribution is 0.0690. The van der Waals surface area contributed by atoms with Crippen LogP contribution in [0.4, 0.5) is 0 Å². The van der Waals surface area contributed by atoms with E-state index in [0.717, 1.165) is 0 Å². The van der Waals surface area contributed by atoms with Crippen LogP contribution in [0, 0.1) is 0 Å². The summed E-state index contributed by atoms with van der Waals surface area (Å²) in [4.78, 5) is 18.5. The Bertz CT molecular complexity index is 512. The van der Waals surface area contributed by atoms with Crippen LogP contribution in [0.2, 0.25) is 5.15 Å². The maximum absolute atomic E-state index is 10.7. The van der Waals surface area contributed by atoms with Gasteiger partial charge in [0.1, 0.15) is 11.7 Å². The van der Waals surface area contributed by atoms with E-state index < -0.39 is 5.97 Å². The zero-order valence-corrected chi connectivity index (χ0v) is 8.79. The van der Waals surface area contributed by atoms with Crippen molar-refractivity contribution >= 4 is 17.6 Å². The molecule has 0 atom stereocenters. The molecular weight excluding hydrogens is 232 g/mol. The zero-order valence-electron chi connectivity index (χ0n) is 8.04. The van der Waals surface area contributed by atoms with Crippen LogP contribution in [0.1, 0.15) is 16.3 Å². The van der Waals surface area contributed by atoms with Crippen molar-refractivity contribution in [2.75, 3.05) is 0 Å². The Kier molecular flexibility index (Phi) is 2.82. The molecule has 0 aliphatic rings. The van der Waals surface area contributed by atoms with Crippen molar-refractivity contribution in [1.29, 1.82) is 0 Å². The van der Waals surface area contributed by atoms with E-state index in [4.69, 9.17) is 16.7 Å². The number of nitrogens with zero attached hydrogens (tertiary/aromatic N) is 4. The number of aromatic carboxylic acids is 1. The van der Waals surface area contributed by atoms with Gasteiger partial charge in [0.25, 0.3) is 0 Å². The summed E-state index contributed by atoms with van der Waals surface area (Å²) in [6, 6.07) is 2.96. The van der Waals surface area contributed by atoms with Crippen LogP contribution in [-0.4, -0.2) is 30.8 Å². The lowest BCUT2D eigenvalue weighted by Crippen LogP contribution is -2.09. The van der Waals surface area contributed by atoms with Crippen LogP contribution in [0.25, 0.3) is 0 Å². The first-order valence-corrected chi connectivity index (χ1v) is 4.77. The highest BCUT2D eigenvalue weighted by Gasteiger charge is 2.09. The van der Waals surface area contributed by atoms with Gasteiger partial charge in [-0.15, -0.1) is 0 Å². The number of carbonyl (C=O) groups is 1. The number of rotatable bonds is 3. The summed E-state index contributed by atoms with van der Waals surface area (Å²) in [6.07, 6.45) is 3.34. The summed E-state index contributed by atoms with van der Waals surface area (Å²) in [5, 5.41) is 12.9. The number of hydrogen-bond acceptors (Lipinski definition) is 4. The molecule has 0 aromatic carbocycles. The maximum atomic E-state index is 10.7. The Hall–Kier alpha value is -1.95. The van der Waals surface area contributed by atoms with Crippen LogP contribution in [0.15, 0.2) is 24.5 Å². The molecular formula is C9H7ClN4O2. The molecule has 2 heterocycles. The van der Waals surface area contributed by atoms with E-state index in [1.54, 1.807) is 23.1 Å². The molecule has 0 radical (unpaired) electrons. The number of halogens is 1. The molecule has 0 spiro atoms. The van der Waals surface area contributed by atoms with Crippen molar-refractivity contribution in [3.63, 3.8) is 0 Å². The van der Waals surface area contributed by atoms with E-state index in [1.807, 2.05) is 0 Å². The molecule has 2 aromatic heterocycles. The monoisotopic (exact) mass is 238 g/mol. The van der Waals surface area contributed by atoms with E-state index >= 15 is 0 Å². The molecule has 2 rings (SSSR count). The number of carboxylic acid groups (broad SMARTS) is 1. The van der Waals surface area contributed by atoms with Gasteiger partial charge in [-0.1, -0.05) is 11.6 Å². The SMILES string of the molecule is O=C(O)c1cc(Cl)nc(Cn2cccn2)n1. The molecule has 0 saturated carbocycles. The van der Waals surface area contributed by atoms with Crippen LogP contribution in [0.3, 0.4) is 0 Å². The lowest BCUT2D eigenvalue weighted by Gasteiger charge is -2.02. The first-order valence-electron chi connectivity index (χ1n) is 4.39. The van der Waals surface area contributed by atoms with Gasteiger partial charge < -0.3 is 5.11 Å². The van der Waals surface area contributed by atoms with Gasteiger partial charge in [0.05, 0.1) is 0 Å². The minimum absolute atomic E-state index is 0.106. The second-order valence-corrected chi connectivity index (χ2v) is 3.39. The van der Waals surface area contributed by atoms with Crippen LogP contribution in [-0.2, 0) is 6.54 Å². The molecule has 6 nitrogen and oxygen atoms in total. The van der Waals surface area contributed by atoms with Gasteiger partial charge in [0.15, 0.2) is 11.5 Å². The molecule has 16 heavy (non-hydrogen) atoms. The van der Waals surface area contributed by atoms with Crippen molar-refractivity contribution in [2.45, 2.75) is 6.54 Å². The summed E-state index contributed by atoms with van der Waals surface area (Å²) < 4.78 is 1.58. The first kappa shape index (κ1) is 10.6. The third-order valence-electron chi connectivity index (χ3n) is 1.82. The van der Waals surface area contributed by atoms with E-state index in [1.165, 1.54) is 6.07 Å². The average molecular weight is 239 g/mol. The Morgan fingerprint density at radius 1 is 1.50 bits per heavy atom. The lowest BCUT2D eigenvalue weighted by atomic mass is 10.4. The van der Waals surface area contributed by atoms with Crippen LogP contribution < -0.4 is 0 Å². The van der Waals surface area contributed by atoms with Crippen molar-refractivity contribution < 1.29 is 9.90 Å². The van der Waals surface area contributed by atoms with Crippen molar-refractivity contribution in [3.05, 3.63) is 41.2 Å². The Morgan fingerprint density at radius 2 is 2.31 bits per heavy atom. The molecule has 0 aliphatic carbocycles. The van der Waals surface area contributed by atoms with Gasteiger partial charge in [0.2, 0.25) is 0 Å². The molecule has 1 N–H and O–H groups in total. The van der Waals surface area contributed by atoms with E-state index in [9.17, 15) is 4.79 Å². The third kappa shape index (κ3) is 2.34. The Labute approximate surface area is 95.5 Å². The fourth-order valence-electron chi connectivity index (χ4n) is 1.18. The largest absolute Gasteiger partial charge is 0.477 e. The third-order valence-corrected chi connectivity index (χ3v) is 2.02. The zero-order chi connectivity index (χ0) is 11.5. The number of hydrogen-bond donors (Lipinski definition) is 1. The molecule has 0 amide bonds. The molecule has 82 valence electrons. The highest BCUT2D eigenvalue weighted by Crippen LogP contribution is 2.08. The predicted molar refractivity (Wildman–Crippen MR) is 55.3 cm³/mol. The molecule has 0 aliphatic heterocycles. The molecule has 0 saturated heterocycles. The van der Waals surface area contributed by atoms with Crippen molar-refractivity contribution in [3.8, 4) is 0 Å². The maximum Gasteiger partial charge on any atom is 0.354 e. The summed E-state index contributed by atoms with van der Waals surface area (Å²) in [5.41, 5.74) is -0.123. The number of aromatic nitrogens is 4. The minimum atomic E-state index is -1.13. The smallest absolute Gasteiger partial charge is 0.354 e. The summed E-state index contributed by atoms with van der Waals surface area (Å²) >= 11 is 5.69. The fraction of sp³-hybridized carbons (Fsp3) is 0.111. The summed E-state index contributed by atoms with van der Waals surface area (Å²) in [7, 11) is 0. The van der Waals surface area contributed by atoms with Crippen molar-refractivity contribution in [2.24, 2.45) is 0 Å². The van der Waals surface area contributed by atoms with Gasteiger partial charge in [-0.25, -0.2) is 14.8 Å². The predicted octanol–water partition coefficient (Wildman–Crippen LogP) is 1.07. The minimum Gasteiger partial charge on any atom is -0.477 e. The second kappa shape index (κ2) is 4.28. The molecule has 2 aromatic rings. The topological polar surface area (TPSA) is 80.9 Å². The van der Waals surface area contributed by atoms with Crippen molar-refractivity contribution in [1.82, 2.24) is 19.7 Å². The van der Waals surface area contributed by atoms with Gasteiger partial charge in [-0.3, -0.25) is 4.68 Å². The quantitative estimate of drug-likeness (QED) is 0.809. The summed E-state index contributed by atoms with van der Waals surface area (Å²) in [5.74, 6) is -0.820. The Morgan fingerprint density at radius 3 is 2.94 bits per heavy atom. The van der Waals surface area contributed by atoms with Gasteiger partial charge in [0, 0.05) is 18.5 Å². The van der Waals surface area contributed by atoms with Crippen LogP contribution in [0.5, 0.6) is 0 Å². The highest BCUT2D eigenvalue weighted by molar-refractivity contribution is 6.29. The van der Waals surface area contributed by atoms with Crippen LogP contribution >= 0.6 is 11.6 Å².